The summed E-state index contributed by atoms with van der Waals surface area (Å²) in [5.41, 5.74) is 10.2. The van der Waals surface area contributed by atoms with Gasteiger partial charge in [-0.3, -0.25) is 4.79 Å². The van der Waals surface area contributed by atoms with Crippen LogP contribution in [-0.2, 0) is 23.1 Å². The molecule has 1 heterocycles. The summed E-state index contributed by atoms with van der Waals surface area (Å²) in [6.45, 7) is 2.20. The molecule has 4 heteroatoms. The lowest BCUT2D eigenvalue weighted by Gasteiger charge is -2.41. The van der Waals surface area contributed by atoms with Gasteiger partial charge in [-0.25, -0.2) is 0 Å². The highest BCUT2D eigenvalue weighted by atomic mass is 16.5. The second-order valence-electron chi connectivity index (χ2n) is 7.80. The Bertz CT molecular complexity index is 795. The van der Waals surface area contributed by atoms with Crippen molar-refractivity contribution in [2.75, 3.05) is 26.2 Å². The van der Waals surface area contributed by atoms with Gasteiger partial charge in [0, 0.05) is 25.0 Å². The van der Waals surface area contributed by atoms with Crippen molar-refractivity contribution in [2.24, 2.45) is 5.73 Å². The predicted molar refractivity (Wildman–Crippen MR) is 107 cm³/mol. The fraction of sp³-hybridized carbons (Fsp3) is 0.435. The molecular weight excluding hydrogens is 336 g/mol. The second kappa shape index (κ2) is 7.73. The Balaban J connectivity index is 1.33. The number of nitrogens with two attached hydrogens (primary N) is 1. The number of piperidine rings is 1. The number of hydrogen-bond acceptors (Lipinski definition) is 3. The van der Waals surface area contributed by atoms with Crippen LogP contribution < -0.4 is 10.5 Å². The van der Waals surface area contributed by atoms with E-state index < -0.39 is 0 Å². The maximum Gasteiger partial charge on any atom is 0.260 e. The molecule has 27 heavy (non-hydrogen) atoms. The summed E-state index contributed by atoms with van der Waals surface area (Å²) in [6.07, 6.45) is 5.30. The molecule has 1 fully saturated rings. The van der Waals surface area contributed by atoms with Gasteiger partial charge >= 0.3 is 0 Å². The monoisotopic (exact) mass is 364 g/mol. The van der Waals surface area contributed by atoms with Crippen LogP contribution in [-0.4, -0.2) is 37.0 Å². The van der Waals surface area contributed by atoms with Gasteiger partial charge in [-0.15, -0.1) is 0 Å². The number of likely N-dealkylation sites (tertiary alicyclic amines) is 1. The molecule has 2 N–H and O–H groups in total. The van der Waals surface area contributed by atoms with Crippen LogP contribution in [0.4, 0.5) is 0 Å². The van der Waals surface area contributed by atoms with Crippen molar-refractivity contribution < 1.29 is 9.53 Å². The lowest BCUT2D eigenvalue weighted by Crippen LogP contribution is -2.49. The molecule has 0 saturated carbocycles. The van der Waals surface area contributed by atoms with E-state index in [1.807, 2.05) is 17.0 Å². The van der Waals surface area contributed by atoms with Crippen molar-refractivity contribution in [2.45, 2.75) is 37.5 Å². The normalized spacial score (nSPS) is 18.2. The zero-order chi connectivity index (χ0) is 18.7. The van der Waals surface area contributed by atoms with Gasteiger partial charge in [0.1, 0.15) is 5.75 Å². The van der Waals surface area contributed by atoms with E-state index in [9.17, 15) is 4.79 Å². The molecule has 142 valence electrons. The number of nitrogens with zero attached hydrogens (tertiary/aromatic N) is 1. The number of amides is 1. The second-order valence-corrected chi connectivity index (χ2v) is 7.80. The standard InChI is InChI=1S/C23H28N2O2/c24-17-23(20-7-2-1-3-8-20)11-13-25(14-12-23)22(26)16-27-21-10-9-18-5-4-6-19(18)15-21/h1-3,7-10,15H,4-6,11-14,16-17,24H2. The molecule has 2 aliphatic rings. The summed E-state index contributed by atoms with van der Waals surface area (Å²) in [7, 11) is 0. The van der Waals surface area contributed by atoms with Gasteiger partial charge in [-0.2, -0.15) is 0 Å². The van der Waals surface area contributed by atoms with Crippen molar-refractivity contribution in [1.29, 1.82) is 0 Å². The zero-order valence-corrected chi connectivity index (χ0v) is 15.8. The number of aryl methyl sites for hydroxylation is 2. The quantitative estimate of drug-likeness (QED) is 0.887. The Kier molecular flexibility index (Phi) is 5.17. The zero-order valence-electron chi connectivity index (χ0n) is 15.8. The average molecular weight is 364 g/mol. The summed E-state index contributed by atoms with van der Waals surface area (Å²) >= 11 is 0. The van der Waals surface area contributed by atoms with E-state index in [1.54, 1.807) is 0 Å². The van der Waals surface area contributed by atoms with E-state index in [0.29, 0.717) is 6.54 Å². The first-order valence-corrected chi connectivity index (χ1v) is 9.98. The number of fused-ring (bicyclic) bond motifs is 1. The Morgan fingerprint density at radius 3 is 2.52 bits per heavy atom. The highest BCUT2D eigenvalue weighted by Gasteiger charge is 2.36. The Morgan fingerprint density at radius 2 is 1.78 bits per heavy atom. The smallest absolute Gasteiger partial charge is 0.260 e. The molecule has 0 radical (unpaired) electrons. The van der Waals surface area contributed by atoms with Crippen LogP contribution in [0.1, 0.15) is 36.0 Å². The van der Waals surface area contributed by atoms with Gasteiger partial charge in [0.15, 0.2) is 6.61 Å². The molecule has 0 bridgehead atoms. The highest BCUT2D eigenvalue weighted by molar-refractivity contribution is 5.78. The highest BCUT2D eigenvalue weighted by Crippen LogP contribution is 2.34. The van der Waals surface area contributed by atoms with E-state index in [0.717, 1.165) is 44.5 Å². The van der Waals surface area contributed by atoms with Crippen LogP contribution in [0, 0.1) is 0 Å². The lowest BCUT2D eigenvalue weighted by atomic mass is 9.73. The maximum atomic E-state index is 12.6. The molecular formula is C23H28N2O2. The first kappa shape index (κ1) is 18.1. The minimum Gasteiger partial charge on any atom is -0.484 e. The minimum absolute atomic E-state index is 0.0150. The Hall–Kier alpha value is -2.33. The summed E-state index contributed by atoms with van der Waals surface area (Å²) in [4.78, 5) is 14.5. The molecule has 4 nitrogen and oxygen atoms in total. The third kappa shape index (κ3) is 3.72. The molecule has 0 spiro atoms. The van der Waals surface area contributed by atoms with Crippen LogP contribution in [0.25, 0.3) is 0 Å². The van der Waals surface area contributed by atoms with Crippen molar-refractivity contribution in [3.05, 3.63) is 65.2 Å². The molecule has 4 rings (SSSR count). The van der Waals surface area contributed by atoms with Crippen molar-refractivity contribution >= 4 is 5.91 Å². The first-order valence-electron chi connectivity index (χ1n) is 9.98. The maximum absolute atomic E-state index is 12.6. The molecule has 1 aliphatic heterocycles. The predicted octanol–water partition coefficient (Wildman–Crippen LogP) is 3.07. The van der Waals surface area contributed by atoms with Gasteiger partial charge in [0.05, 0.1) is 0 Å². The van der Waals surface area contributed by atoms with E-state index >= 15 is 0 Å². The van der Waals surface area contributed by atoms with Gasteiger partial charge in [0.25, 0.3) is 5.91 Å². The molecule has 0 aromatic heterocycles. The van der Waals surface area contributed by atoms with Crippen LogP contribution in [0.5, 0.6) is 5.75 Å². The van der Waals surface area contributed by atoms with E-state index in [4.69, 9.17) is 10.5 Å². The SMILES string of the molecule is NCC1(c2ccccc2)CCN(C(=O)COc2ccc3c(c2)CCC3)CC1. The van der Waals surface area contributed by atoms with Crippen molar-refractivity contribution in [3.63, 3.8) is 0 Å². The third-order valence-electron chi connectivity index (χ3n) is 6.28. The summed E-state index contributed by atoms with van der Waals surface area (Å²) in [6, 6.07) is 16.7. The largest absolute Gasteiger partial charge is 0.484 e. The molecule has 0 unspecified atom stereocenters. The molecule has 2 aromatic rings. The summed E-state index contributed by atoms with van der Waals surface area (Å²) in [5.74, 6) is 0.871. The molecule has 1 saturated heterocycles. The molecule has 0 atom stereocenters. The Labute approximate surface area is 161 Å². The van der Waals surface area contributed by atoms with Crippen LogP contribution >= 0.6 is 0 Å². The lowest BCUT2D eigenvalue weighted by molar-refractivity contribution is -0.135. The fourth-order valence-corrected chi connectivity index (χ4v) is 4.46. The molecule has 1 aliphatic carbocycles. The first-order chi connectivity index (χ1) is 13.2. The van der Waals surface area contributed by atoms with Crippen LogP contribution in [0.2, 0.25) is 0 Å². The van der Waals surface area contributed by atoms with Gasteiger partial charge in [-0.05, 0) is 60.9 Å². The molecule has 2 aromatic carbocycles. The van der Waals surface area contributed by atoms with E-state index in [1.165, 1.54) is 23.1 Å². The number of carbonyl (C=O) groups is 1. The van der Waals surface area contributed by atoms with Crippen molar-refractivity contribution in [1.82, 2.24) is 4.90 Å². The summed E-state index contributed by atoms with van der Waals surface area (Å²) in [5, 5.41) is 0. The van der Waals surface area contributed by atoms with Crippen LogP contribution in [0.15, 0.2) is 48.5 Å². The topological polar surface area (TPSA) is 55.6 Å². The van der Waals surface area contributed by atoms with Crippen molar-refractivity contribution in [3.8, 4) is 5.75 Å². The van der Waals surface area contributed by atoms with Gasteiger partial charge in [0.2, 0.25) is 0 Å². The van der Waals surface area contributed by atoms with E-state index in [2.05, 4.69) is 36.4 Å². The number of rotatable bonds is 5. The summed E-state index contributed by atoms with van der Waals surface area (Å²) < 4.78 is 5.79. The van der Waals surface area contributed by atoms with Gasteiger partial charge in [-0.1, -0.05) is 36.4 Å². The fourth-order valence-electron chi connectivity index (χ4n) is 4.46. The average Bonchev–Trinajstić information content (AvgIpc) is 3.20. The number of carbonyl (C=O) groups excluding carboxylic acids is 1. The third-order valence-corrected chi connectivity index (χ3v) is 6.28. The number of hydrogen-bond donors (Lipinski definition) is 1. The number of benzene rings is 2. The van der Waals surface area contributed by atoms with Crippen LogP contribution in [0.3, 0.4) is 0 Å². The Morgan fingerprint density at radius 1 is 1.04 bits per heavy atom. The van der Waals surface area contributed by atoms with Gasteiger partial charge < -0.3 is 15.4 Å². The molecule has 1 amide bonds. The minimum atomic E-state index is -0.0150. The number of ether oxygens (including phenoxy) is 1. The van der Waals surface area contributed by atoms with E-state index in [-0.39, 0.29) is 17.9 Å².